The van der Waals surface area contributed by atoms with Gasteiger partial charge in [0.15, 0.2) is 0 Å². The molecule has 0 radical (unpaired) electrons. The Bertz CT molecular complexity index is 451. The second-order valence-electron chi connectivity index (χ2n) is 2.67. The van der Waals surface area contributed by atoms with Crippen molar-refractivity contribution in [3.63, 3.8) is 0 Å². The lowest BCUT2D eigenvalue weighted by Gasteiger charge is -2.03. The molecule has 0 amide bonds. The zero-order chi connectivity index (χ0) is 9.80. The molecule has 0 saturated heterocycles. The van der Waals surface area contributed by atoms with E-state index in [2.05, 4.69) is 21.5 Å². The molecule has 0 N–H and O–H groups in total. The smallest absolute Gasteiger partial charge is 0.224 e. The Morgan fingerprint density at radius 2 is 2.36 bits per heavy atom. The summed E-state index contributed by atoms with van der Waals surface area (Å²) in [4.78, 5) is 12.1. The van der Waals surface area contributed by atoms with Crippen LogP contribution in [-0.4, -0.2) is 21.6 Å². The van der Waals surface area contributed by atoms with Gasteiger partial charge in [-0.05, 0) is 6.07 Å². The maximum absolute atomic E-state index is 5.37. The van der Waals surface area contributed by atoms with E-state index in [1.807, 2.05) is 6.07 Å². The molecule has 0 atom stereocenters. The van der Waals surface area contributed by atoms with E-state index in [0.717, 1.165) is 10.9 Å². The minimum atomic E-state index is 0.439. The molecule has 2 heterocycles. The van der Waals surface area contributed by atoms with Gasteiger partial charge in [0, 0.05) is 6.20 Å². The lowest BCUT2D eigenvalue weighted by molar-refractivity contribution is 0.353. The van der Waals surface area contributed by atoms with Gasteiger partial charge in [-0.2, -0.15) is 0 Å². The van der Waals surface area contributed by atoms with Gasteiger partial charge in [-0.25, -0.2) is 9.97 Å². The van der Waals surface area contributed by atoms with Gasteiger partial charge in [0.2, 0.25) is 5.88 Å². The van der Waals surface area contributed by atoms with Crippen LogP contribution in [0.2, 0.25) is 0 Å². The molecular weight excluding hydrogens is 178 g/mol. The van der Waals surface area contributed by atoms with Crippen LogP contribution in [0, 0.1) is 0 Å². The molecule has 70 valence electrons. The van der Waals surface area contributed by atoms with Gasteiger partial charge >= 0.3 is 0 Å². The van der Waals surface area contributed by atoms with E-state index in [1.165, 1.54) is 6.33 Å². The van der Waals surface area contributed by atoms with Crippen LogP contribution in [0.3, 0.4) is 0 Å². The second kappa shape index (κ2) is 3.83. The van der Waals surface area contributed by atoms with Gasteiger partial charge in [0.25, 0.3) is 0 Å². The Morgan fingerprint density at radius 1 is 1.43 bits per heavy atom. The molecule has 0 aliphatic heterocycles. The molecule has 2 aromatic rings. The lowest BCUT2D eigenvalue weighted by Crippen LogP contribution is -1.97. The molecule has 2 rings (SSSR count). The second-order valence-corrected chi connectivity index (χ2v) is 2.67. The quantitative estimate of drug-likeness (QED) is 0.684. The summed E-state index contributed by atoms with van der Waals surface area (Å²) in [5.74, 6) is 0.567. The maximum Gasteiger partial charge on any atom is 0.224 e. The van der Waals surface area contributed by atoms with Gasteiger partial charge in [-0.15, -0.1) is 0 Å². The van der Waals surface area contributed by atoms with E-state index in [1.54, 1.807) is 18.5 Å². The summed E-state index contributed by atoms with van der Waals surface area (Å²) in [5.41, 5.74) is 0.779. The van der Waals surface area contributed by atoms with Gasteiger partial charge < -0.3 is 4.74 Å². The molecule has 0 aliphatic carbocycles. The van der Waals surface area contributed by atoms with Crippen molar-refractivity contribution in [1.82, 2.24) is 15.0 Å². The van der Waals surface area contributed by atoms with Crippen LogP contribution in [0.25, 0.3) is 10.9 Å². The van der Waals surface area contributed by atoms with Gasteiger partial charge in [0.1, 0.15) is 12.9 Å². The first-order valence-corrected chi connectivity index (χ1v) is 4.20. The van der Waals surface area contributed by atoms with Crippen LogP contribution in [0.5, 0.6) is 5.88 Å². The van der Waals surface area contributed by atoms with Crippen LogP contribution >= 0.6 is 0 Å². The van der Waals surface area contributed by atoms with Crippen molar-refractivity contribution in [2.75, 3.05) is 6.61 Å². The standard InChI is InChI=1S/C10H9N3O/c1-2-5-14-10-8-3-4-11-6-9(8)12-7-13-10/h2-4,6-7H,1,5H2. The molecule has 0 spiro atoms. The van der Waals surface area contributed by atoms with Crippen molar-refractivity contribution >= 4 is 10.9 Å². The molecule has 2 aromatic heterocycles. The maximum atomic E-state index is 5.37. The van der Waals surface area contributed by atoms with Crippen molar-refractivity contribution in [3.05, 3.63) is 37.4 Å². The molecule has 4 nitrogen and oxygen atoms in total. The number of hydrogen-bond acceptors (Lipinski definition) is 4. The van der Waals surface area contributed by atoms with E-state index in [0.29, 0.717) is 12.5 Å². The Morgan fingerprint density at radius 3 is 3.21 bits per heavy atom. The Kier molecular flexibility index (Phi) is 2.36. The minimum Gasteiger partial charge on any atom is -0.473 e. The lowest BCUT2D eigenvalue weighted by atomic mass is 10.3. The molecule has 0 unspecified atom stereocenters. The molecule has 14 heavy (non-hydrogen) atoms. The fraction of sp³-hybridized carbons (Fsp3) is 0.100. The number of rotatable bonds is 3. The highest BCUT2D eigenvalue weighted by molar-refractivity contribution is 5.81. The third kappa shape index (κ3) is 1.54. The van der Waals surface area contributed by atoms with Crippen LogP contribution in [0.4, 0.5) is 0 Å². The summed E-state index contributed by atoms with van der Waals surface area (Å²) in [5, 5.41) is 0.865. The van der Waals surface area contributed by atoms with Crippen molar-refractivity contribution in [3.8, 4) is 5.88 Å². The van der Waals surface area contributed by atoms with Gasteiger partial charge in [-0.3, -0.25) is 4.98 Å². The first kappa shape index (κ1) is 8.62. The number of aromatic nitrogens is 3. The molecule has 0 aliphatic rings. The minimum absolute atomic E-state index is 0.439. The third-order valence-electron chi connectivity index (χ3n) is 1.74. The number of fused-ring (bicyclic) bond motifs is 1. The molecular formula is C10H9N3O. The Hall–Kier alpha value is -1.97. The van der Waals surface area contributed by atoms with Crippen LogP contribution in [0.1, 0.15) is 0 Å². The number of ether oxygens (including phenoxy) is 1. The predicted octanol–water partition coefficient (Wildman–Crippen LogP) is 1.59. The average molecular weight is 187 g/mol. The summed E-state index contributed by atoms with van der Waals surface area (Å²) < 4.78 is 5.37. The van der Waals surface area contributed by atoms with E-state index >= 15 is 0 Å². The van der Waals surface area contributed by atoms with Gasteiger partial charge in [0.05, 0.1) is 17.1 Å². The van der Waals surface area contributed by atoms with Crippen molar-refractivity contribution in [1.29, 1.82) is 0 Å². The molecule has 0 aromatic carbocycles. The van der Waals surface area contributed by atoms with E-state index in [9.17, 15) is 0 Å². The van der Waals surface area contributed by atoms with E-state index in [-0.39, 0.29) is 0 Å². The largest absolute Gasteiger partial charge is 0.473 e. The van der Waals surface area contributed by atoms with Crippen molar-refractivity contribution < 1.29 is 4.74 Å². The zero-order valence-corrected chi connectivity index (χ0v) is 7.55. The summed E-state index contributed by atoms with van der Waals surface area (Å²) in [6, 6.07) is 1.83. The summed E-state index contributed by atoms with van der Waals surface area (Å²) in [6.07, 6.45) is 6.50. The Balaban J connectivity index is 2.48. The highest BCUT2D eigenvalue weighted by Gasteiger charge is 2.02. The van der Waals surface area contributed by atoms with Crippen LogP contribution in [-0.2, 0) is 0 Å². The molecule has 4 heteroatoms. The molecule has 0 fully saturated rings. The summed E-state index contributed by atoms with van der Waals surface area (Å²) in [7, 11) is 0. The predicted molar refractivity (Wildman–Crippen MR) is 53.0 cm³/mol. The first-order chi connectivity index (χ1) is 6.92. The monoisotopic (exact) mass is 187 g/mol. The van der Waals surface area contributed by atoms with Crippen molar-refractivity contribution in [2.24, 2.45) is 0 Å². The number of nitrogens with zero attached hydrogens (tertiary/aromatic N) is 3. The highest BCUT2D eigenvalue weighted by Crippen LogP contribution is 2.19. The molecule has 0 bridgehead atoms. The number of hydrogen-bond donors (Lipinski definition) is 0. The molecule has 0 saturated carbocycles. The Labute approximate surface area is 81.3 Å². The van der Waals surface area contributed by atoms with Gasteiger partial charge in [-0.1, -0.05) is 12.7 Å². The van der Waals surface area contributed by atoms with E-state index in [4.69, 9.17) is 4.74 Å². The van der Waals surface area contributed by atoms with Crippen LogP contribution in [0.15, 0.2) is 37.4 Å². The number of pyridine rings is 1. The first-order valence-electron chi connectivity index (χ1n) is 4.20. The third-order valence-corrected chi connectivity index (χ3v) is 1.74. The highest BCUT2D eigenvalue weighted by atomic mass is 16.5. The van der Waals surface area contributed by atoms with Crippen molar-refractivity contribution in [2.45, 2.75) is 0 Å². The topological polar surface area (TPSA) is 47.9 Å². The zero-order valence-electron chi connectivity index (χ0n) is 7.55. The van der Waals surface area contributed by atoms with Crippen LogP contribution < -0.4 is 4.74 Å². The average Bonchev–Trinajstić information content (AvgIpc) is 2.26. The summed E-state index contributed by atoms with van der Waals surface area (Å²) in [6.45, 7) is 4.01. The van der Waals surface area contributed by atoms with E-state index < -0.39 is 0 Å². The SMILES string of the molecule is C=CCOc1ncnc2cnccc12. The summed E-state index contributed by atoms with van der Waals surface area (Å²) >= 11 is 0. The fourth-order valence-corrected chi connectivity index (χ4v) is 1.14. The normalized spacial score (nSPS) is 10.0. The fourth-order valence-electron chi connectivity index (χ4n) is 1.14.